The number of halogens is 1. The zero-order valence-electron chi connectivity index (χ0n) is 14.9. The summed E-state index contributed by atoms with van der Waals surface area (Å²) in [6, 6.07) is 8.53. The zero-order chi connectivity index (χ0) is 18.9. The summed E-state index contributed by atoms with van der Waals surface area (Å²) in [5.74, 6) is -0.362. The fourth-order valence-electron chi connectivity index (χ4n) is 3.46. The highest BCUT2D eigenvalue weighted by atomic mass is 32.1. The van der Waals surface area contributed by atoms with Crippen LogP contribution < -0.4 is 10.2 Å². The van der Waals surface area contributed by atoms with E-state index in [0.29, 0.717) is 31.6 Å². The summed E-state index contributed by atoms with van der Waals surface area (Å²) in [7, 11) is 0. The molecule has 0 bridgehead atoms. The van der Waals surface area contributed by atoms with Gasteiger partial charge < -0.3 is 10.2 Å². The molecule has 140 valence electrons. The van der Waals surface area contributed by atoms with E-state index in [4.69, 9.17) is 0 Å². The topological polar surface area (TPSA) is 73.9 Å². The van der Waals surface area contributed by atoms with Crippen molar-refractivity contribution >= 4 is 22.4 Å². The molecule has 1 aliphatic heterocycles. The third-order valence-electron chi connectivity index (χ3n) is 4.83. The van der Waals surface area contributed by atoms with Crippen LogP contribution in [0.4, 0.5) is 9.52 Å². The largest absolute Gasteiger partial charge is 0.350 e. The number of nitrogens with zero attached hydrogens (tertiary/aromatic N) is 3. The smallest absolute Gasteiger partial charge is 0.230 e. The second-order valence-electron chi connectivity index (χ2n) is 6.94. The van der Waals surface area contributed by atoms with E-state index in [2.05, 4.69) is 25.4 Å². The highest BCUT2D eigenvalue weighted by Crippen LogP contribution is 2.39. The number of H-pyrrole nitrogens is 1. The number of hydrogen-bond donors (Lipinski definition) is 2. The summed E-state index contributed by atoms with van der Waals surface area (Å²) >= 11 is 1.54. The van der Waals surface area contributed by atoms with Crippen molar-refractivity contribution < 1.29 is 9.18 Å². The minimum atomic E-state index is -0.681. The minimum Gasteiger partial charge on any atom is -0.350 e. The van der Waals surface area contributed by atoms with Crippen LogP contribution in [0.2, 0.25) is 0 Å². The van der Waals surface area contributed by atoms with E-state index in [-0.39, 0.29) is 11.7 Å². The fraction of sp³-hybridized carbons (Fsp3) is 0.316. The number of anilines is 1. The number of nitrogens with one attached hydrogen (secondary N) is 2. The molecule has 27 heavy (non-hydrogen) atoms. The van der Waals surface area contributed by atoms with Gasteiger partial charge in [-0.05, 0) is 31.0 Å². The molecule has 2 aromatic heterocycles. The Bertz CT molecular complexity index is 933. The summed E-state index contributed by atoms with van der Waals surface area (Å²) < 4.78 is 14.2. The zero-order valence-corrected chi connectivity index (χ0v) is 15.7. The molecule has 1 fully saturated rings. The maximum absolute atomic E-state index is 14.2. The van der Waals surface area contributed by atoms with Gasteiger partial charge in [0.1, 0.15) is 5.82 Å². The van der Waals surface area contributed by atoms with Crippen molar-refractivity contribution in [2.75, 3.05) is 18.0 Å². The summed E-state index contributed by atoms with van der Waals surface area (Å²) in [4.78, 5) is 19.4. The highest BCUT2D eigenvalue weighted by molar-refractivity contribution is 7.13. The lowest BCUT2D eigenvalue weighted by atomic mass is 9.74. The van der Waals surface area contributed by atoms with Gasteiger partial charge in [0.2, 0.25) is 5.91 Å². The molecule has 1 amide bonds. The van der Waals surface area contributed by atoms with Crippen molar-refractivity contribution in [3.8, 4) is 0 Å². The molecular weight excluding hydrogens is 365 g/mol. The van der Waals surface area contributed by atoms with Crippen LogP contribution in [0.15, 0.2) is 41.9 Å². The lowest BCUT2D eigenvalue weighted by Gasteiger charge is -2.49. The number of thiazole rings is 1. The van der Waals surface area contributed by atoms with Crippen LogP contribution in [0, 0.1) is 18.2 Å². The van der Waals surface area contributed by atoms with Crippen LogP contribution in [0.5, 0.6) is 0 Å². The Kier molecular flexibility index (Phi) is 4.65. The van der Waals surface area contributed by atoms with Gasteiger partial charge in [0, 0.05) is 30.4 Å². The maximum Gasteiger partial charge on any atom is 0.230 e. The van der Waals surface area contributed by atoms with Gasteiger partial charge in [-0.2, -0.15) is 5.10 Å². The number of hydrogen-bond acceptors (Lipinski definition) is 5. The third kappa shape index (κ3) is 3.57. The fourth-order valence-corrected chi connectivity index (χ4v) is 4.10. The van der Waals surface area contributed by atoms with E-state index in [0.717, 1.165) is 16.5 Å². The number of rotatable bonds is 6. The summed E-state index contributed by atoms with van der Waals surface area (Å²) in [5.41, 5.74) is 1.60. The molecule has 6 nitrogen and oxygen atoms in total. The van der Waals surface area contributed by atoms with Gasteiger partial charge in [-0.15, -0.1) is 11.3 Å². The molecule has 8 heteroatoms. The summed E-state index contributed by atoms with van der Waals surface area (Å²) in [5, 5.41) is 12.8. The molecule has 1 aromatic carbocycles. The van der Waals surface area contributed by atoms with Gasteiger partial charge in [-0.3, -0.25) is 9.89 Å². The van der Waals surface area contributed by atoms with E-state index in [9.17, 15) is 9.18 Å². The van der Waals surface area contributed by atoms with E-state index < -0.39 is 5.41 Å². The summed E-state index contributed by atoms with van der Waals surface area (Å²) in [6.07, 6.45) is 2.10. The number of aromatic nitrogens is 3. The highest BCUT2D eigenvalue weighted by Gasteiger charge is 2.50. The Hall–Kier alpha value is -2.74. The normalized spacial score (nSPS) is 15.4. The molecule has 0 aliphatic carbocycles. The number of carbonyl (C=O) groups is 1. The predicted octanol–water partition coefficient (Wildman–Crippen LogP) is 2.68. The first kappa shape index (κ1) is 17.7. The molecule has 2 N–H and O–H groups in total. The van der Waals surface area contributed by atoms with Crippen molar-refractivity contribution in [3.05, 3.63) is 64.7 Å². The van der Waals surface area contributed by atoms with Crippen molar-refractivity contribution in [1.29, 1.82) is 0 Å². The third-order valence-corrected chi connectivity index (χ3v) is 5.67. The van der Waals surface area contributed by atoms with Crippen LogP contribution in [-0.2, 0) is 17.8 Å². The molecule has 0 radical (unpaired) electrons. The van der Waals surface area contributed by atoms with Crippen molar-refractivity contribution in [2.45, 2.75) is 19.9 Å². The molecule has 0 spiro atoms. The van der Waals surface area contributed by atoms with Crippen LogP contribution in [0.25, 0.3) is 0 Å². The van der Waals surface area contributed by atoms with Gasteiger partial charge in [0.25, 0.3) is 0 Å². The molecule has 1 saturated heterocycles. The number of amides is 1. The molecule has 0 atom stereocenters. The molecule has 0 saturated carbocycles. The van der Waals surface area contributed by atoms with Crippen LogP contribution in [-0.4, -0.2) is 34.2 Å². The van der Waals surface area contributed by atoms with Gasteiger partial charge in [-0.1, -0.05) is 18.2 Å². The van der Waals surface area contributed by atoms with Crippen LogP contribution in [0.1, 0.15) is 17.0 Å². The average Bonchev–Trinajstić information content (AvgIpc) is 3.29. The lowest BCUT2D eigenvalue weighted by molar-refractivity contribution is -0.132. The Balaban J connectivity index is 1.51. The molecule has 3 heterocycles. The van der Waals surface area contributed by atoms with E-state index >= 15 is 0 Å². The SMILES string of the molecule is Cc1cc(CNC(=O)C2(Cc3ccccc3F)CN(c3nccs3)C2)n[nH]1. The first-order chi connectivity index (χ1) is 13.1. The van der Waals surface area contributed by atoms with Gasteiger partial charge in [0.15, 0.2) is 5.13 Å². The second-order valence-corrected chi connectivity index (χ2v) is 7.82. The first-order valence-corrected chi connectivity index (χ1v) is 9.61. The number of benzene rings is 1. The predicted molar refractivity (Wildman–Crippen MR) is 102 cm³/mol. The maximum atomic E-state index is 14.2. The quantitative estimate of drug-likeness (QED) is 0.684. The first-order valence-electron chi connectivity index (χ1n) is 8.73. The summed E-state index contributed by atoms with van der Waals surface area (Å²) in [6.45, 7) is 3.29. The Morgan fingerprint density at radius 3 is 2.89 bits per heavy atom. The molecule has 4 rings (SSSR count). The lowest BCUT2D eigenvalue weighted by Crippen LogP contribution is -2.64. The number of carbonyl (C=O) groups excluding carboxylic acids is 1. The van der Waals surface area contributed by atoms with Crippen molar-refractivity contribution in [3.63, 3.8) is 0 Å². The standard InChI is InChI=1S/C19H20FN5OS/c1-13-8-15(24-23-13)10-22-17(26)19(9-14-4-2-3-5-16(14)20)11-25(12-19)18-21-6-7-27-18/h2-8H,9-12H2,1H3,(H,22,26)(H,23,24). The molecule has 1 aliphatic rings. The van der Waals surface area contributed by atoms with Gasteiger partial charge >= 0.3 is 0 Å². The van der Waals surface area contributed by atoms with E-state index in [1.807, 2.05) is 18.4 Å². The molecular formula is C19H20FN5OS. The molecule has 3 aromatic rings. The van der Waals surface area contributed by atoms with E-state index in [1.54, 1.807) is 24.4 Å². The Morgan fingerprint density at radius 2 is 2.22 bits per heavy atom. The Labute approximate surface area is 160 Å². The van der Waals surface area contributed by atoms with Crippen molar-refractivity contribution in [2.24, 2.45) is 5.41 Å². The minimum absolute atomic E-state index is 0.0841. The van der Waals surface area contributed by atoms with Crippen molar-refractivity contribution in [1.82, 2.24) is 20.5 Å². The van der Waals surface area contributed by atoms with Gasteiger partial charge in [0.05, 0.1) is 17.7 Å². The number of aromatic amines is 1. The van der Waals surface area contributed by atoms with Crippen LogP contribution in [0.3, 0.4) is 0 Å². The van der Waals surface area contributed by atoms with Crippen LogP contribution >= 0.6 is 11.3 Å². The van der Waals surface area contributed by atoms with Gasteiger partial charge in [-0.25, -0.2) is 9.37 Å². The van der Waals surface area contributed by atoms with E-state index in [1.165, 1.54) is 17.4 Å². The average molecular weight is 385 g/mol. The second kappa shape index (κ2) is 7.11. The number of aryl methyl sites for hydroxylation is 1. The Morgan fingerprint density at radius 1 is 1.41 bits per heavy atom. The monoisotopic (exact) mass is 385 g/mol. The molecule has 0 unspecified atom stereocenters.